The first-order valence-corrected chi connectivity index (χ1v) is 19.3. The summed E-state index contributed by atoms with van der Waals surface area (Å²) in [7, 11) is 0. The highest BCUT2D eigenvalue weighted by Crippen LogP contribution is 2.50. The predicted molar refractivity (Wildman–Crippen MR) is 219 cm³/mol. The Morgan fingerprint density at radius 3 is 2.18 bits per heavy atom. The van der Waals surface area contributed by atoms with E-state index in [0.29, 0.717) is 34.3 Å². The molecule has 3 saturated heterocycles. The van der Waals surface area contributed by atoms with Crippen molar-refractivity contribution in [1.82, 2.24) is 15.0 Å². The molecular formula is C48H42BrClN4O. The van der Waals surface area contributed by atoms with Gasteiger partial charge in [-0.05, 0) is 40.8 Å². The summed E-state index contributed by atoms with van der Waals surface area (Å²) >= 11 is 7.17. The molecule has 3 fully saturated rings. The van der Waals surface area contributed by atoms with E-state index in [0.717, 1.165) is 64.6 Å². The molecule has 0 amide bonds. The molecule has 3 aliphatic rings. The highest BCUT2D eigenvalue weighted by molar-refractivity contribution is 6.32. The lowest BCUT2D eigenvalue weighted by molar-refractivity contribution is -0.984. The zero-order chi connectivity index (χ0) is 36.5. The van der Waals surface area contributed by atoms with E-state index in [1.54, 1.807) is 0 Å². The maximum absolute atomic E-state index is 7.55. The third-order valence-corrected chi connectivity index (χ3v) is 12.0. The van der Waals surface area contributed by atoms with Gasteiger partial charge in [0, 0.05) is 47.0 Å². The standard InChI is InChI=1S/C48H42ClN4O.BrH/c1-2-34-32-53(31-33-15-14-22-38(29-33)35-16-6-3-7-17-35)28-26-39(34)30-43(53)45(41-25-27-50-42-24-13-12-23-40(41)42)54-48-44(36-18-8-4-9-19-36)46(49)51-47(52-48)37-20-10-5-11-21-37;/h2-25,27,29,34,39,43,45H,1,26,28,30-32H2;1H/q+1;/p-1/t34-,39-,43+,45?,53+;/m0./s1. The van der Waals surface area contributed by atoms with Crippen molar-refractivity contribution in [2.24, 2.45) is 11.8 Å². The van der Waals surface area contributed by atoms with Crippen molar-refractivity contribution in [1.29, 1.82) is 0 Å². The summed E-state index contributed by atoms with van der Waals surface area (Å²) < 4.78 is 8.44. The number of piperidine rings is 3. The average Bonchev–Trinajstić information content (AvgIpc) is 3.23. The monoisotopic (exact) mass is 804 g/mol. The van der Waals surface area contributed by atoms with E-state index < -0.39 is 0 Å². The number of quaternary nitrogens is 1. The molecule has 274 valence electrons. The van der Waals surface area contributed by atoms with E-state index in [9.17, 15) is 0 Å². The molecule has 2 aromatic heterocycles. The Morgan fingerprint density at radius 1 is 0.764 bits per heavy atom. The number of hydrogen-bond acceptors (Lipinski definition) is 4. The number of benzene rings is 5. The summed E-state index contributed by atoms with van der Waals surface area (Å²) in [6, 6.07) is 50.5. The van der Waals surface area contributed by atoms with Crippen LogP contribution in [0, 0.1) is 11.8 Å². The molecule has 5 nitrogen and oxygen atoms in total. The largest absolute Gasteiger partial charge is 1.00 e. The molecule has 0 saturated carbocycles. The van der Waals surface area contributed by atoms with Crippen LogP contribution in [0.15, 0.2) is 164 Å². The topological polar surface area (TPSA) is 47.9 Å². The van der Waals surface area contributed by atoms with Gasteiger partial charge in [0.15, 0.2) is 11.9 Å². The highest BCUT2D eigenvalue weighted by atomic mass is 79.9. The number of para-hydroxylation sites is 1. The number of pyridine rings is 1. The van der Waals surface area contributed by atoms with Crippen LogP contribution in [0.25, 0.3) is 44.5 Å². The van der Waals surface area contributed by atoms with Crippen molar-refractivity contribution in [3.05, 3.63) is 181 Å². The molecule has 10 rings (SSSR count). The molecule has 0 aliphatic carbocycles. The minimum Gasteiger partial charge on any atom is -1.00 e. The fraction of sp³-hybridized carbons (Fsp3) is 0.188. The first-order valence-electron chi connectivity index (χ1n) is 18.9. The minimum absolute atomic E-state index is 0. The van der Waals surface area contributed by atoms with Crippen LogP contribution in [-0.2, 0) is 6.54 Å². The van der Waals surface area contributed by atoms with E-state index in [1.807, 2.05) is 72.9 Å². The van der Waals surface area contributed by atoms with Crippen molar-refractivity contribution >= 4 is 22.5 Å². The van der Waals surface area contributed by atoms with Crippen LogP contribution in [0.5, 0.6) is 5.88 Å². The second-order valence-electron chi connectivity index (χ2n) is 14.8. The van der Waals surface area contributed by atoms with E-state index in [-0.39, 0.29) is 29.1 Å². The zero-order valence-corrected chi connectivity index (χ0v) is 32.9. The van der Waals surface area contributed by atoms with Gasteiger partial charge < -0.3 is 26.2 Å². The Hall–Kier alpha value is -5.14. The summed E-state index contributed by atoms with van der Waals surface area (Å²) in [5.41, 5.74) is 8.33. The lowest BCUT2D eigenvalue weighted by atomic mass is 9.71. The molecule has 0 radical (unpaired) electrons. The van der Waals surface area contributed by atoms with Crippen LogP contribution in [0.1, 0.15) is 30.1 Å². The van der Waals surface area contributed by atoms with E-state index in [4.69, 9.17) is 31.3 Å². The molecule has 5 heterocycles. The number of rotatable bonds is 10. The van der Waals surface area contributed by atoms with Crippen molar-refractivity contribution in [2.75, 3.05) is 13.1 Å². The van der Waals surface area contributed by atoms with Crippen LogP contribution >= 0.6 is 11.6 Å². The van der Waals surface area contributed by atoms with Gasteiger partial charge >= 0.3 is 0 Å². The van der Waals surface area contributed by atoms with Crippen LogP contribution < -0.4 is 21.7 Å². The summed E-state index contributed by atoms with van der Waals surface area (Å²) in [5.74, 6) is 1.97. The zero-order valence-electron chi connectivity index (χ0n) is 30.5. The number of aromatic nitrogens is 3. The van der Waals surface area contributed by atoms with Gasteiger partial charge in [0.25, 0.3) is 0 Å². The van der Waals surface area contributed by atoms with Crippen molar-refractivity contribution in [3.8, 4) is 39.5 Å². The first-order chi connectivity index (χ1) is 26.6. The maximum atomic E-state index is 7.55. The Morgan fingerprint density at radius 2 is 1.44 bits per heavy atom. The summed E-state index contributed by atoms with van der Waals surface area (Å²) in [6.45, 7) is 7.29. The Balaban J connectivity index is 0.00000427. The lowest BCUT2D eigenvalue weighted by Crippen LogP contribution is -3.00. The molecule has 5 atom stereocenters. The first kappa shape index (κ1) is 36.8. The van der Waals surface area contributed by atoms with E-state index >= 15 is 0 Å². The third-order valence-electron chi connectivity index (χ3n) is 11.7. The SMILES string of the molecule is C=C[C@H]1C[N@+]2(Cc3cccc(-c4ccccc4)c3)CC[C@H]1C[C@@H]2C(Oc1nc(-c2ccccc2)nc(Cl)c1-c1ccccc1)c1ccnc2ccccc12.[Br-]. The smallest absolute Gasteiger partial charge is 0.227 e. The van der Waals surface area contributed by atoms with Gasteiger partial charge in [-0.15, -0.1) is 6.58 Å². The molecule has 2 bridgehead atoms. The quantitative estimate of drug-likeness (QED) is 0.0792. The maximum Gasteiger partial charge on any atom is 0.227 e. The molecule has 0 N–H and O–H groups in total. The summed E-state index contributed by atoms with van der Waals surface area (Å²) in [5, 5.41) is 1.45. The number of hydrogen-bond donors (Lipinski definition) is 0. The van der Waals surface area contributed by atoms with Gasteiger partial charge in [0.05, 0.1) is 24.2 Å². The molecule has 7 aromatic rings. The lowest BCUT2D eigenvalue weighted by Gasteiger charge is -2.58. The van der Waals surface area contributed by atoms with Crippen molar-refractivity contribution in [2.45, 2.75) is 31.5 Å². The number of halogens is 2. The van der Waals surface area contributed by atoms with Crippen LogP contribution in [-0.4, -0.2) is 38.6 Å². The molecule has 7 heteroatoms. The Bertz CT molecular complexity index is 2420. The second kappa shape index (κ2) is 15.9. The molecule has 5 aromatic carbocycles. The van der Waals surface area contributed by atoms with Crippen LogP contribution in [0.3, 0.4) is 0 Å². The normalized spacial score (nSPS) is 20.7. The van der Waals surface area contributed by atoms with E-state index in [1.165, 1.54) is 16.7 Å². The molecule has 1 unspecified atom stereocenters. The Kier molecular flexibility index (Phi) is 10.7. The van der Waals surface area contributed by atoms with Gasteiger partial charge in [-0.25, -0.2) is 4.98 Å². The van der Waals surface area contributed by atoms with Crippen molar-refractivity contribution < 1.29 is 26.2 Å². The van der Waals surface area contributed by atoms with E-state index in [2.05, 4.69) is 91.5 Å². The van der Waals surface area contributed by atoms with Crippen LogP contribution in [0.4, 0.5) is 0 Å². The number of fused-ring (bicyclic) bond motifs is 4. The fourth-order valence-electron chi connectivity index (χ4n) is 9.11. The summed E-state index contributed by atoms with van der Waals surface area (Å²) in [6.07, 6.45) is 5.92. The predicted octanol–water partition coefficient (Wildman–Crippen LogP) is 8.41. The fourth-order valence-corrected chi connectivity index (χ4v) is 9.38. The average molecular weight is 806 g/mol. The third kappa shape index (κ3) is 7.22. The van der Waals surface area contributed by atoms with Gasteiger partial charge in [-0.1, -0.05) is 145 Å². The highest BCUT2D eigenvalue weighted by Gasteiger charge is 2.55. The summed E-state index contributed by atoms with van der Waals surface area (Å²) in [4.78, 5) is 14.8. The number of nitrogens with zero attached hydrogens (tertiary/aromatic N) is 4. The van der Waals surface area contributed by atoms with Gasteiger partial charge in [-0.3, -0.25) is 4.98 Å². The van der Waals surface area contributed by atoms with Gasteiger partial charge in [0.1, 0.15) is 17.7 Å². The minimum atomic E-state index is -0.360. The van der Waals surface area contributed by atoms with Gasteiger partial charge in [0.2, 0.25) is 5.88 Å². The molecule has 3 aliphatic heterocycles. The number of ether oxygens (including phenoxy) is 1. The molecule has 0 spiro atoms. The van der Waals surface area contributed by atoms with Gasteiger partial charge in [-0.2, -0.15) is 4.98 Å². The second-order valence-corrected chi connectivity index (χ2v) is 15.2. The van der Waals surface area contributed by atoms with Crippen LogP contribution in [0.2, 0.25) is 5.15 Å². The van der Waals surface area contributed by atoms with Crippen molar-refractivity contribution in [3.63, 3.8) is 0 Å². The Labute approximate surface area is 338 Å². The molecule has 55 heavy (non-hydrogen) atoms. The molecular weight excluding hydrogens is 764 g/mol.